The Morgan fingerprint density at radius 2 is 1.57 bits per heavy atom. The maximum atomic E-state index is 13.3. The summed E-state index contributed by atoms with van der Waals surface area (Å²) < 4.78 is 111. The average molecular weight is 555 g/mol. The number of benzene rings is 2. The molecule has 0 bridgehead atoms. The van der Waals surface area contributed by atoms with E-state index < -0.39 is 45.5 Å². The summed E-state index contributed by atoms with van der Waals surface area (Å²) in [6, 6.07) is 4.72. The molecular weight excluding hydrogens is 545 g/mol. The first-order valence-corrected chi connectivity index (χ1v) is 8.76. The Bertz CT molecular complexity index is 913. The number of rotatable bonds is 4. The Morgan fingerprint density at radius 3 is 2.03 bits per heavy atom. The molecule has 0 spiro atoms. The van der Waals surface area contributed by atoms with E-state index in [4.69, 9.17) is 4.74 Å². The largest absolute Gasteiger partial charge is 0.435 e. The highest BCUT2D eigenvalue weighted by Crippen LogP contribution is 2.43. The molecule has 0 saturated carbocycles. The standard InChI is InChI=1S/C17H10F8INO3/c1-27(9-2-4-10(5-3-9)29-14(18)19)15(28)30-13-11(17(23,24)25)6-8(7-12(13)26)16(20,21)22/h2-7,14H,1H3. The molecule has 0 N–H and O–H groups in total. The van der Waals surface area contributed by atoms with Crippen LogP contribution in [0.3, 0.4) is 0 Å². The molecule has 4 nitrogen and oxygen atoms in total. The first-order valence-electron chi connectivity index (χ1n) is 7.68. The van der Waals surface area contributed by atoms with E-state index in [1.54, 1.807) is 0 Å². The van der Waals surface area contributed by atoms with Gasteiger partial charge in [-0.15, -0.1) is 0 Å². The van der Waals surface area contributed by atoms with Crippen LogP contribution in [0.4, 0.5) is 45.6 Å². The monoisotopic (exact) mass is 555 g/mol. The lowest BCUT2D eigenvalue weighted by Crippen LogP contribution is -2.30. The van der Waals surface area contributed by atoms with Crippen LogP contribution >= 0.6 is 22.6 Å². The van der Waals surface area contributed by atoms with Crippen molar-refractivity contribution in [3.63, 3.8) is 0 Å². The lowest BCUT2D eigenvalue weighted by molar-refractivity contribution is -0.143. The number of ether oxygens (including phenoxy) is 2. The number of halogens is 9. The fourth-order valence-corrected chi connectivity index (χ4v) is 2.92. The second-order valence-electron chi connectivity index (χ2n) is 5.63. The molecule has 0 fully saturated rings. The summed E-state index contributed by atoms with van der Waals surface area (Å²) in [6.45, 7) is -3.08. The van der Waals surface area contributed by atoms with Crippen LogP contribution in [0.15, 0.2) is 36.4 Å². The van der Waals surface area contributed by atoms with Crippen LogP contribution in [-0.2, 0) is 12.4 Å². The molecule has 30 heavy (non-hydrogen) atoms. The van der Waals surface area contributed by atoms with Gasteiger partial charge in [0, 0.05) is 12.7 Å². The minimum Gasteiger partial charge on any atom is -0.435 e. The first kappa shape index (κ1) is 24.0. The predicted octanol–water partition coefficient (Wildman–Crippen LogP) is 6.57. The van der Waals surface area contributed by atoms with Gasteiger partial charge < -0.3 is 9.47 Å². The number of hydrogen-bond donors (Lipinski definition) is 0. The quantitative estimate of drug-likeness (QED) is 0.317. The Balaban J connectivity index is 2.33. The molecule has 0 aliphatic heterocycles. The third-order valence-corrected chi connectivity index (χ3v) is 4.39. The smallest absolute Gasteiger partial charge is 0.420 e. The zero-order chi connectivity index (χ0) is 22.9. The van der Waals surface area contributed by atoms with Crippen molar-refractivity contribution in [3.8, 4) is 11.5 Å². The van der Waals surface area contributed by atoms with Crippen LogP contribution < -0.4 is 14.4 Å². The third kappa shape index (κ3) is 5.86. The fraction of sp³-hybridized carbons (Fsp3) is 0.235. The topological polar surface area (TPSA) is 38.8 Å². The lowest BCUT2D eigenvalue weighted by Gasteiger charge is -2.21. The van der Waals surface area contributed by atoms with Crippen molar-refractivity contribution in [2.75, 3.05) is 11.9 Å². The summed E-state index contributed by atoms with van der Waals surface area (Å²) in [5, 5.41) is 0. The molecule has 0 aromatic heterocycles. The van der Waals surface area contributed by atoms with E-state index in [1.807, 2.05) is 0 Å². The van der Waals surface area contributed by atoms with Crippen molar-refractivity contribution in [1.29, 1.82) is 0 Å². The summed E-state index contributed by atoms with van der Waals surface area (Å²) in [5.41, 5.74) is -3.29. The summed E-state index contributed by atoms with van der Waals surface area (Å²) in [5.74, 6) is -1.32. The Morgan fingerprint density at radius 1 is 1.00 bits per heavy atom. The van der Waals surface area contributed by atoms with Crippen molar-refractivity contribution in [3.05, 3.63) is 51.1 Å². The Labute approximate surface area is 177 Å². The molecule has 0 aliphatic carbocycles. The first-order chi connectivity index (χ1) is 13.7. The van der Waals surface area contributed by atoms with Crippen LogP contribution in [0.2, 0.25) is 0 Å². The van der Waals surface area contributed by atoms with E-state index in [2.05, 4.69) is 4.74 Å². The van der Waals surface area contributed by atoms with Gasteiger partial charge in [0.25, 0.3) is 0 Å². The van der Waals surface area contributed by atoms with Gasteiger partial charge >= 0.3 is 25.1 Å². The number of hydrogen-bond acceptors (Lipinski definition) is 3. The maximum absolute atomic E-state index is 13.3. The highest BCUT2D eigenvalue weighted by molar-refractivity contribution is 14.1. The van der Waals surface area contributed by atoms with Gasteiger partial charge in [0.2, 0.25) is 0 Å². The van der Waals surface area contributed by atoms with E-state index in [9.17, 15) is 39.9 Å². The van der Waals surface area contributed by atoms with Crippen molar-refractivity contribution in [2.24, 2.45) is 0 Å². The van der Waals surface area contributed by atoms with E-state index in [0.29, 0.717) is 6.07 Å². The molecule has 0 aliphatic rings. The van der Waals surface area contributed by atoms with Crippen LogP contribution in [0, 0.1) is 3.57 Å². The molecule has 0 atom stereocenters. The molecule has 0 radical (unpaired) electrons. The normalized spacial score (nSPS) is 12.1. The number of alkyl halides is 8. The van der Waals surface area contributed by atoms with Crippen LogP contribution in [-0.4, -0.2) is 19.8 Å². The molecule has 2 aromatic rings. The number of carbonyl (C=O) groups is 1. The number of nitrogens with zero attached hydrogens (tertiary/aromatic N) is 1. The molecule has 2 rings (SSSR count). The van der Waals surface area contributed by atoms with Gasteiger partial charge in [-0.2, -0.15) is 35.1 Å². The molecule has 0 unspecified atom stereocenters. The van der Waals surface area contributed by atoms with Gasteiger partial charge in [0.05, 0.1) is 9.13 Å². The molecule has 13 heteroatoms. The maximum Gasteiger partial charge on any atom is 0.420 e. The fourth-order valence-electron chi connectivity index (χ4n) is 2.18. The SMILES string of the molecule is CN(C(=O)Oc1c(I)cc(C(F)(F)F)cc1C(F)(F)F)c1ccc(OC(F)F)cc1. The van der Waals surface area contributed by atoms with Crippen molar-refractivity contribution in [2.45, 2.75) is 19.0 Å². The number of anilines is 1. The van der Waals surface area contributed by atoms with Crippen molar-refractivity contribution >= 4 is 34.4 Å². The molecule has 0 saturated heterocycles. The second-order valence-corrected chi connectivity index (χ2v) is 6.79. The highest BCUT2D eigenvalue weighted by atomic mass is 127. The van der Waals surface area contributed by atoms with Gasteiger partial charge in [0.15, 0.2) is 5.75 Å². The van der Waals surface area contributed by atoms with Gasteiger partial charge in [-0.05, 0) is 59.0 Å². The van der Waals surface area contributed by atoms with E-state index >= 15 is 0 Å². The predicted molar refractivity (Wildman–Crippen MR) is 96.7 cm³/mol. The van der Waals surface area contributed by atoms with Gasteiger partial charge in [-0.1, -0.05) is 0 Å². The molecule has 2 aromatic carbocycles. The van der Waals surface area contributed by atoms with Crippen molar-refractivity contribution in [1.82, 2.24) is 0 Å². The van der Waals surface area contributed by atoms with Gasteiger partial charge in [-0.25, -0.2) is 4.79 Å². The number of carbonyl (C=O) groups excluding carboxylic acids is 1. The Hall–Kier alpha value is -2.32. The summed E-state index contributed by atoms with van der Waals surface area (Å²) in [4.78, 5) is 13.0. The zero-order valence-electron chi connectivity index (χ0n) is 14.6. The van der Waals surface area contributed by atoms with Gasteiger partial charge in [-0.3, -0.25) is 4.90 Å². The lowest BCUT2D eigenvalue weighted by atomic mass is 10.1. The minimum absolute atomic E-state index is 0.0390. The van der Waals surface area contributed by atoms with Crippen LogP contribution in [0.5, 0.6) is 11.5 Å². The molecule has 1 amide bonds. The average Bonchev–Trinajstić information content (AvgIpc) is 2.60. The van der Waals surface area contributed by atoms with Gasteiger partial charge in [0.1, 0.15) is 11.3 Å². The van der Waals surface area contributed by atoms with E-state index in [-0.39, 0.29) is 17.5 Å². The molecule has 0 heterocycles. The highest BCUT2D eigenvalue weighted by Gasteiger charge is 2.41. The molecule has 164 valence electrons. The van der Waals surface area contributed by atoms with E-state index in [0.717, 1.165) is 36.2 Å². The van der Waals surface area contributed by atoms with Crippen LogP contribution in [0.1, 0.15) is 11.1 Å². The minimum atomic E-state index is -5.23. The van der Waals surface area contributed by atoms with Crippen LogP contribution in [0.25, 0.3) is 0 Å². The summed E-state index contributed by atoms with van der Waals surface area (Å²) in [7, 11) is 1.11. The Kier molecular flexibility index (Phi) is 7.04. The number of amides is 1. The summed E-state index contributed by atoms with van der Waals surface area (Å²) in [6.07, 6.45) is -11.6. The van der Waals surface area contributed by atoms with Crippen molar-refractivity contribution < 1.29 is 49.4 Å². The van der Waals surface area contributed by atoms with E-state index in [1.165, 1.54) is 22.6 Å². The molecular formula is C17H10F8INO3. The summed E-state index contributed by atoms with van der Waals surface area (Å²) >= 11 is 1.20. The second kappa shape index (κ2) is 8.81. The zero-order valence-corrected chi connectivity index (χ0v) is 16.8. The third-order valence-electron chi connectivity index (χ3n) is 3.59.